The van der Waals surface area contributed by atoms with E-state index in [1.807, 2.05) is 0 Å². The summed E-state index contributed by atoms with van der Waals surface area (Å²) in [6.45, 7) is 0. The molecule has 0 amide bonds. The zero-order valence-electron chi connectivity index (χ0n) is 15.1. The standard InChI is InChI=1S/C20H10F7N3S/c21-13-3-1-10(2-4-13)15-8-31-18-16(15)17(28-9-29-18)30-14-6-11(19(22,23)24)5-12(7-14)20(25,26)27/h1-9H,(H,28,29,30). The van der Waals surface area contributed by atoms with E-state index in [0.717, 1.165) is 6.33 Å². The number of anilines is 2. The van der Waals surface area contributed by atoms with Crippen molar-refractivity contribution in [2.45, 2.75) is 12.4 Å². The molecule has 0 atom stereocenters. The Kier molecular flexibility index (Phi) is 5.08. The van der Waals surface area contributed by atoms with Crippen molar-refractivity contribution in [1.29, 1.82) is 0 Å². The van der Waals surface area contributed by atoms with Crippen molar-refractivity contribution in [1.82, 2.24) is 9.97 Å². The summed E-state index contributed by atoms with van der Waals surface area (Å²) in [4.78, 5) is 8.56. The molecule has 0 radical (unpaired) electrons. The van der Waals surface area contributed by atoms with E-state index in [-0.39, 0.29) is 11.9 Å². The SMILES string of the molecule is Fc1ccc(-c2csc3ncnc(Nc4cc(C(F)(F)F)cc(C(F)(F)F)c4)c23)cc1. The van der Waals surface area contributed by atoms with Crippen molar-refractivity contribution < 1.29 is 30.7 Å². The van der Waals surface area contributed by atoms with Crippen LogP contribution in [0.3, 0.4) is 0 Å². The van der Waals surface area contributed by atoms with Crippen molar-refractivity contribution in [2.75, 3.05) is 5.32 Å². The fraction of sp³-hybridized carbons (Fsp3) is 0.100. The second-order valence-electron chi connectivity index (χ2n) is 6.48. The van der Waals surface area contributed by atoms with Crippen LogP contribution in [-0.2, 0) is 12.4 Å². The summed E-state index contributed by atoms with van der Waals surface area (Å²) in [7, 11) is 0. The van der Waals surface area contributed by atoms with Gasteiger partial charge in [-0.15, -0.1) is 11.3 Å². The van der Waals surface area contributed by atoms with E-state index in [1.165, 1.54) is 35.6 Å². The number of aromatic nitrogens is 2. The first-order valence-corrected chi connectivity index (χ1v) is 9.45. The Morgan fingerprint density at radius 1 is 0.806 bits per heavy atom. The molecule has 31 heavy (non-hydrogen) atoms. The molecule has 0 saturated heterocycles. The normalized spacial score (nSPS) is 12.4. The van der Waals surface area contributed by atoms with Gasteiger partial charge in [-0.05, 0) is 35.9 Å². The van der Waals surface area contributed by atoms with Gasteiger partial charge >= 0.3 is 12.4 Å². The van der Waals surface area contributed by atoms with Gasteiger partial charge in [-0.2, -0.15) is 26.3 Å². The molecule has 0 spiro atoms. The van der Waals surface area contributed by atoms with Crippen molar-refractivity contribution in [3.63, 3.8) is 0 Å². The summed E-state index contributed by atoms with van der Waals surface area (Å²) in [5, 5.41) is 4.65. The Morgan fingerprint density at radius 3 is 2.00 bits per heavy atom. The molecule has 2 aromatic carbocycles. The number of rotatable bonds is 3. The highest BCUT2D eigenvalue weighted by Gasteiger charge is 2.37. The number of halogens is 7. The Labute approximate surface area is 174 Å². The molecule has 1 N–H and O–H groups in total. The molecule has 3 nitrogen and oxygen atoms in total. The number of benzene rings is 2. The molecule has 11 heteroatoms. The number of nitrogens with one attached hydrogen (secondary N) is 1. The van der Waals surface area contributed by atoms with Gasteiger partial charge in [-0.1, -0.05) is 12.1 Å². The maximum atomic E-state index is 13.3. The lowest BCUT2D eigenvalue weighted by Crippen LogP contribution is -2.11. The van der Waals surface area contributed by atoms with Crippen molar-refractivity contribution in [3.05, 3.63) is 71.1 Å². The molecule has 0 unspecified atom stereocenters. The second-order valence-corrected chi connectivity index (χ2v) is 7.34. The van der Waals surface area contributed by atoms with Gasteiger partial charge in [0.05, 0.1) is 16.5 Å². The third kappa shape index (κ3) is 4.31. The molecule has 4 aromatic rings. The number of fused-ring (bicyclic) bond motifs is 1. The first kappa shape index (κ1) is 21.0. The fourth-order valence-corrected chi connectivity index (χ4v) is 3.89. The first-order valence-electron chi connectivity index (χ1n) is 8.57. The van der Waals surface area contributed by atoms with Gasteiger partial charge in [-0.3, -0.25) is 0 Å². The van der Waals surface area contributed by atoms with Crippen LogP contribution >= 0.6 is 11.3 Å². The van der Waals surface area contributed by atoms with Crippen molar-refractivity contribution >= 4 is 33.1 Å². The lowest BCUT2D eigenvalue weighted by atomic mass is 10.1. The van der Waals surface area contributed by atoms with Crippen LogP contribution in [-0.4, -0.2) is 9.97 Å². The number of nitrogens with zero attached hydrogens (tertiary/aromatic N) is 2. The average Bonchev–Trinajstić information content (AvgIpc) is 3.12. The van der Waals surface area contributed by atoms with Crippen LogP contribution < -0.4 is 5.32 Å². The van der Waals surface area contributed by atoms with Gasteiger partial charge in [0.15, 0.2) is 0 Å². The van der Waals surface area contributed by atoms with Crippen LogP contribution in [0.5, 0.6) is 0 Å². The maximum Gasteiger partial charge on any atom is 0.416 e. The van der Waals surface area contributed by atoms with Crippen LogP contribution in [0.4, 0.5) is 42.2 Å². The smallest absolute Gasteiger partial charge is 0.340 e. The largest absolute Gasteiger partial charge is 0.416 e. The lowest BCUT2D eigenvalue weighted by molar-refractivity contribution is -0.143. The summed E-state index contributed by atoms with van der Waals surface area (Å²) in [6, 6.07) is 6.67. The highest BCUT2D eigenvalue weighted by molar-refractivity contribution is 7.17. The number of hydrogen-bond acceptors (Lipinski definition) is 4. The summed E-state index contributed by atoms with van der Waals surface area (Å²) in [5.74, 6) is -0.431. The predicted molar refractivity (Wildman–Crippen MR) is 103 cm³/mol. The summed E-state index contributed by atoms with van der Waals surface area (Å²) in [5.41, 5.74) is -2.17. The topological polar surface area (TPSA) is 37.8 Å². The zero-order valence-corrected chi connectivity index (χ0v) is 16.0. The molecule has 2 heterocycles. The third-order valence-electron chi connectivity index (χ3n) is 4.38. The van der Waals surface area contributed by atoms with E-state index in [4.69, 9.17) is 0 Å². The Balaban J connectivity index is 1.84. The van der Waals surface area contributed by atoms with Gasteiger partial charge in [0.25, 0.3) is 0 Å². The Bertz CT molecular complexity index is 1210. The van der Waals surface area contributed by atoms with E-state index in [0.29, 0.717) is 33.5 Å². The fourth-order valence-electron chi connectivity index (χ4n) is 2.98. The molecule has 160 valence electrons. The average molecular weight is 457 g/mol. The summed E-state index contributed by atoms with van der Waals surface area (Å²) < 4.78 is 92.1. The van der Waals surface area contributed by atoms with Crippen molar-refractivity contribution in [2.24, 2.45) is 0 Å². The first-order chi connectivity index (χ1) is 14.5. The van der Waals surface area contributed by atoms with Crippen LogP contribution in [0, 0.1) is 5.82 Å². The molecular formula is C20H10F7N3S. The van der Waals surface area contributed by atoms with Crippen molar-refractivity contribution in [3.8, 4) is 11.1 Å². The minimum absolute atomic E-state index is 0.0259. The van der Waals surface area contributed by atoms with Gasteiger partial charge < -0.3 is 5.32 Å². The minimum atomic E-state index is -4.97. The molecule has 0 aliphatic carbocycles. The van der Waals surface area contributed by atoms with Gasteiger partial charge in [0.1, 0.15) is 22.8 Å². The quantitative estimate of drug-likeness (QED) is 0.329. The van der Waals surface area contributed by atoms with E-state index in [1.54, 1.807) is 5.38 Å². The van der Waals surface area contributed by atoms with Gasteiger partial charge in [0.2, 0.25) is 0 Å². The van der Waals surface area contributed by atoms with Crippen LogP contribution in [0.25, 0.3) is 21.3 Å². The number of alkyl halides is 6. The predicted octanol–water partition coefficient (Wildman–Crippen LogP) is 7.28. The molecule has 0 saturated carbocycles. The summed E-state index contributed by atoms with van der Waals surface area (Å²) in [6.07, 6.45) is -8.80. The molecule has 0 fully saturated rings. The van der Waals surface area contributed by atoms with E-state index in [2.05, 4.69) is 15.3 Å². The van der Waals surface area contributed by atoms with Gasteiger partial charge in [-0.25, -0.2) is 14.4 Å². The minimum Gasteiger partial charge on any atom is -0.340 e. The molecule has 0 aliphatic rings. The highest BCUT2D eigenvalue weighted by Crippen LogP contribution is 2.40. The monoisotopic (exact) mass is 457 g/mol. The van der Waals surface area contributed by atoms with E-state index in [9.17, 15) is 30.7 Å². The molecular weight excluding hydrogens is 447 g/mol. The summed E-state index contributed by atoms with van der Waals surface area (Å²) >= 11 is 1.21. The molecule has 0 aliphatic heterocycles. The lowest BCUT2D eigenvalue weighted by Gasteiger charge is -2.15. The molecule has 4 rings (SSSR count). The molecule has 2 aromatic heterocycles. The van der Waals surface area contributed by atoms with Crippen LogP contribution in [0.15, 0.2) is 54.2 Å². The maximum absolute atomic E-state index is 13.3. The van der Waals surface area contributed by atoms with Crippen LogP contribution in [0.2, 0.25) is 0 Å². The number of thiophene rings is 1. The number of hydrogen-bond donors (Lipinski definition) is 1. The molecule has 0 bridgehead atoms. The van der Waals surface area contributed by atoms with Crippen LogP contribution in [0.1, 0.15) is 11.1 Å². The van der Waals surface area contributed by atoms with Gasteiger partial charge in [0, 0.05) is 16.6 Å². The van der Waals surface area contributed by atoms with E-state index >= 15 is 0 Å². The second kappa shape index (κ2) is 7.49. The van der Waals surface area contributed by atoms with E-state index < -0.39 is 35.0 Å². The Hall–Kier alpha value is -3.21. The highest BCUT2D eigenvalue weighted by atomic mass is 32.1. The third-order valence-corrected chi connectivity index (χ3v) is 5.26. The zero-order chi connectivity index (χ0) is 22.4. The Morgan fingerprint density at radius 2 is 1.42 bits per heavy atom.